The average Bonchev–Trinajstić information content (AvgIpc) is 2.98. The lowest BCUT2D eigenvalue weighted by Gasteiger charge is -2.12. The van der Waals surface area contributed by atoms with Gasteiger partial charge in [-0.05, 0) is 23.3 Å². The third kappa shape index (κ3) is 5.22. The van der Waals surface area contributed by atoms with Crippen LogP contribution in [0, 0.1) is 10.1 Å². The van der Waals surface area contributed by atoms with E-state index in [0.29, 0.717) is 5.56 Å². The van der Waals surface area contributed by atoms with Gasteiger partial charge in [-0.1, -0.05) is 60.4 Å². The van der Waals surface area contributed by atoms with Crippen LogP contribution in [0.5, 0.6) is 5.75 Å². The molecule has 0 aromatic heterocycles. The fourth-order valence-electron chi connectivity index (χ4n) is 2.68. The number of nitro groups is 1. The Morgan fingerprint density at radius 2 is 2.00 bits per heavy atom. The van der Waals surface area contributed by atoms with Gasteiger partial charge in [0.15, 0.2) is 5.75 Å². The van der Waals surface area contributed by atoms with Crippen LogP contribution >= 0.6 is 24.0 Å². The van der Waals surface area contributed by atoms with E-state index in [1.165, 1.54) is 23.1 Å². The summed E-state index contributed by atoms with van der Waals surface area (Å²) in [6, 6.07) is 13.7. The van der Waals surface area contributed by atoms with E-state index in [4.69, 9.17) is 22.1 Å². The summed E-state index contributed by atoms with van der Waals surface area (Å²) in [7, 11) is 0. The van der Waals surface area contributed by atoms with Crippen LogP contribution in [0.2, 0.25) is 0 Å². The van der Waals surface area contributed by atoms with Crippen molar-refractivity contribution >= 4 is 51.9 Å². The number of rotatable bonds is 8. The fraction of sp³-hybridized carbons (Fsp3) is 0.150. The van der Waals surface area contributed by atoms with E-state index in [2.05, 4.69) is 0 Å². The van der Waals surface area contributed by atoms with Crippen LogP contribution in [0.1, 0.15) is 17.5 Å². The van der Waals surface area contributed by atoms with Crippen molar-refractivity contribution in [2.24, 2.45) is 0 Å². The van der Waals surface area contributed by atoms with Crippen LogP contribution in [-0.2, 0) is 16.2 Å². The van der Waals surface area contributed by atoms with Crippen LogP contribution in [0.25, 0.3) is 6.08 Å². The molecule has 1 fully saturated rings. The molecule has 0 saturated carbocycles. The molecule has 2 aromatic carbocycles. The van der Waals surface area contributed by atoms with Gasteiger partial charge < -0.3 is 9.84 Å². The SMILES string of the molecule is O=C(O)CCN1C(=O)/C(=C\c2ccc(OCc3ccccc3)c([N+](=O)[O-])c2)SC1=S. The summed E-state index contributed by atoms with van der Waals surface area (Å²) in [6.07, 6.45) is 1.27. The smallest absolute Gasteiger partial charge is 0.311 e. The first-order valence-corrected chi connectivity index (χ1v) is 10.00. The van der Waals surface area contributed by atoms with Crippen molar-refractivity contribution in [3.8, 4) is 5.75 Å². The highest BCUT2D eigenvalue weighted by molar-refractivity contribution is 8.26. The lowest BCUT2D eigenvalue weighted by Crippen LogP contribution is -2.30. The number of hydrogen-bond acceptors (Lipinski definition) is 7. The van der Waals surface area contributed by atoms with Crippen molar-refractivity contribution in [1.82, 2.24) is 4.90 Å². The summed E-state index contributed by atoms with van der Waals surface area (Å²) in [4.78, 5) is 35.6. The molecule has 1 aliphatic heterocycles. The van der Waals surface area contributed by atoms with Gasteiger partial charge in [-0.2, -0.15) is 0 Å². The van der Waals surface area contributed by atoms with Crippen molar-refractivity contribution in [2.45, 2.75) is 13.0 Å². The largest absolute Gasteiger partial charge is 0.482 e. The summed E-state index contributed by atoms with van der Waals surface area (Å²) in [5, 5.41) is 20.3. The Morgan fingerprint density at radius 1 is 1.27 bits per heavy atom. The first kappa shape index (κ1) is 21.5. The molecule has 1 amide bonds. The topological polar surface area (TPSA) is 110 Å². The molecule has 1 saturated heterocycles. The molecule has 8 nitrogen and oxygen atoms in total. The Labute approximate surface area is 181 Å². The highest BCUT2D eigenvalue weighted by atomic mass is 32.2. The molecule has 1 aliphatic rings. The predicted octanol–water partition coefficient (Wildman–Crippen LogP) is 3.85. The molecule has 30 heavy (non-hydrogen) atoms. The minimum atomic E-state index is -1.03. The van der Waals surface area contributed by atoms with E-state index in [0.717, 1.165) is 17.3 Å². The normalized spacial score (nSPS) is 14.9. The molecular formula is C20H16N2O6S2. The number of thioether (sulfide) groups is 1. The van der Waals surface area contributed by atoms with Crippen molar-refractivity contribution in [3.05, 3.63) is 74.7 Å². The maximum absolute atomic E-state index is 12.5. The molecule has 1 heterocycles. The van der Waals surface area contributed by atoms with Crippen LogP contribution < -0.4 is 4.74 Å². The number of nitrogens with zero attached hydrogens (tertiary/aromatic N) is 2. The lowest BCUT2D eigenvalue weighted by molar-refractivity contribution is -0.386. The number of carbonyl (C=O) groups is 2. The minimum Gasteiger partial charge on any atom is -0.482 e. The van der Waals surface area contributed by atoms with E-state index < -0.39 is 16.8 Å². The number of carbonyl (C=O) groups excluding carboxylic acids is 1. The van der Waals surface area contributed by atoms with Gasteiger partial charge in [0.25, 0.3) is 5.91 Å². The fourth-order valence-corrected chi connectivity index (χ4v) is 3.98. The number of ether oxygens (including phenoxy) is 1. The summed E-state index contributed by atoms with van der Waals surface area (Å²) in [5.41, 5.74) is 1.09. The van der Waals surface area contributed by atoms with Crippen LogP contribution in [0.4, 0.5) is 5.69 Å². The quantitative estimate of drug-likeness (QED) is 0.283. The van der Waals surface area contributed by atoms with Crippen LogP contribution in [0.15, 0.2) is 53.4 Å². The van der Waals surface area contributed by atoms with Gasteiger partial charge in [-0.15, -0.1) is 0 Å². The maximum Gasteiger partial charge on any atom is 0.311 e. The monoisotopic (exact) mass is 444 g/mol. The molecule has 2 aromatic rings. The Hall–Kier alpha value is -3.24. The second-order valence-electron chi connectivity index (χ2n) is 6.24. The number of thiocarbonyl (C=S) groups is 1. The number of hydrogen-bond donors (Lipinski definition) is 1. The Kier molecular flexibility index (Phi) is 6.80. The zero-order valence-electron chi connectivity index (χ0n) is 15.5. The summed E-state index contributed by atoms with van der Waals surface area (Å²) < 4.78 is 5.85. The van der Waals surface area contributed by atoms with Gasteiger partial charge in [-0.25, -0.2) is 0 Å². The van der Waals surface area contributed by atoms with E-state index in [-0.39, 0.29) is 40.2 Å². The van der Waals surface area contributed by atoms with Gasteiger partial charge in [0.05, 0.1) is 16.2 Å². The summed E-state index contributed by atoms with van der Waals surface area (Å²) >= 11 is 6.17. The molecule has 0 radical (unpaired) electrons. The second kappa shape index (κ2) is 9.51. The first-order chi connectivity index (χ1) is 14.3. The summed E-state index contributed by atoms with van der Waals surface area (Å²) in [5.74, 6) is -1.33. The zero-order chi connectivity index (χ0) is 21.7. The number of benzene rings is 2. The first-order valence-electron chi connectivity index (χ1n) is 8.77. The molecule has 10 heteroatoms. The van der Waals surface area contributed by atoms with Crippen molar-refractivity contribution in [3.63, 3.8) is 0 Å². The number of nitro benzene ring substituents is 1. The van der Waals surface area contributed by atoms with E-state index >= 15 is 0 Å². The third-order valence-corrected chi connectivity index (χ3v) is 5.52. The van der Waals surface area contributed by atoms with Gasteiger partial charge >= 0.3 is 11.7 Å². The van der Waals surface area contributed by atoms with Crippen molar-refractivity contribution < 1.29 is 24.4 Å². The minimum absolute atomic E-state index is 0.0241. The van der Waals surface area contributed by atoms with Gasteiger partial charge in [0, 0.05) is 12.6 Å². The van der Waals surface area contributed by atoms with Gasteiger partial charge in [0.1, 0.15) is 10.9 Å². The number of carboxylic acid groups (broad SMARTS) is 1. The number of aliphatic carboxylic acids is 1. The van der Waals surface area contributed by atoms with Crippen LogP contribution in [-0.4, -0.2) is 37.7 Å². The summed E-state index contributed by atoms with van der Waals surface area (Å²) in [6.45, 7) is 0.160. The second-order valence-corrected chi connectivity index (χ2v) is 7.91. The molecule has 3 rings (SSSR count). The zero-order valence-corrected chi connectivity index (χ0v) is 17.1. The molecule has 0 unspecified atom stereocenters. The molecule has 0 bridgehead atoms. The van der Waals surface area contributed by atoms with Gasteiger partial charge in [0.2, 0.25) is 0 Å². The Bertz CT molecular complexity index is 1040. The maximum atomic E-state index is 12.5. The Morgan fingerprint density at radius 3 is 2.67 bits per heavy atom. The number of amides is 1. The lowest BCUT2D eigenvalue weighted by atomic mass is 10.1. The van der Waals surface area contributed by atoms with E-state index in [1.54, 1.807) is 6.07 Å². The van der Waals surface area contributed by atoms with Crippen molar-refractivity contribution in [1.29, 1.82) is 0 Å². The van der Waals surface area contributed by atoms with E-state index in [9.17, 15) is 19.7 Å². The highest BCUT2D eigenvalue weighted by Crippen LogP contribution is 2.35. The molecule has 154 valence electrons. The Balaban J connectivity index is 1.79. The predicted molar refractivity (Wildman–Crippen MR) is 116 cm³/mol. The molecule has 1 N–H and O–H groups in total. The standard InChI is InChI=1S/C20H16N2O6S2/c23-18(24)8-9-21-19(25)17(30-20(21)29)11-14-6-7-16(15(10-14)22(26)27)28-12-13-4-2-1-3-5-13/h1-7,10-11H,8-9,12H2,(H,23,24)/b17-11+. The highest BCUT2D eigenvalue weighted by Gasteiger charge is 2.32. The van der Waals surface area contributed by atoms with E-state index in [1.807, 2.05) is 30.3 Å². The van der Waals surface area contributed by atoms with Crippen molar-refractivity contribution in [2.75, 3.05) is 6.54 Å². The molecule has 0 atom stereocenters. The number of carboxylic acids is 1. The average molecular weight is 444 g/mol. The molecule has 0 aliphatic carbocycles. The molecular weight excluding hydrogens is 428 g/mol. The molecule has 0 spiro atoms. The third-order valence-electron chi connectivity index (χ3n) is 4.14. The van der Waals surface area contributed by atoms with Crippen LogP contribution in [0.3, 0.4) is 0 Å². The van der Waals surface area contributed by atoms with Gasteiger partial charge in [-0.3, -0.25) is 24.6 Å².